The van der Waals surface area contributed by atoms with Crippen LogP contribution in [0.1, 0.15) is 19.4 Å². The van der Waals surface area contributed by atoms with Crippen molar-refractivity contribution in [1.82, 2.24) is 0 Å². The van der Waals surface area contributed by atoms with Gasteiger partial charge in [-0.25, -0.2) is 0 Å². The number of benzene rings is 1. The highest BCUT2D eigenvalue weighted by Gasteiger charge is 2.29. The standard InChI is InChI=1S/C11H11NO2S/c1-11(2,10(13)14)15-9-6-4-3-5-8(9)7-12/h3-6H,1-2H3,(H,13,14). The Kier molecular flexibility index (Phi) is 3.38. The fraction of sp³-hybridized carbons (Fsp3) is 0.273. The molecule has 0 atom stereocenters. The van der Waals surface area contributed by atoms with E-state index >= 15 is 0 Å². The van der Waals surface area contributed by atoms with Crippen molar-refractivity contribution in [3.05, 3.63) is 29.8 Å². The summed E-state index contributed by atoms with van der Waals surface area (Å²) in [5, 5.41) is 17.8. The van der Waals surface area contributed by atoms with E-state index in [1.165, 1.54) is 11.8 Å². The van der Waals surface area contributed by atoms with Crippen LogP contribution in [0, 0.1) is 11.3 Å². The van der Waals surface area contributed by atoms with Crippen molar-refractivity contribution in [2.75, 3.05) is 0 Å². The Hall–Kier alpha value is -1.47. The smallest absolute Gasteiger partial charge is 0.319 e. The van der Waals surface area contributed by atoms with Gasteiger partial charge in [-0.15, -0.1) is 11.8 Å². The molecule has 1 aromatic carbocycles. The highest BCUT2D eigenvalue weighted by molar-refractivity contribution is 8.01. The third-order valence-corrected chi connectivity index (χ3v) is 3.15. The van der Waals surface area contributed by atoms with E-state index in [0.29, 0.717) is 10.5 Å². The molecule has 0 aliphatic carbocycles. The van der Waals surface area contributed by atoms with E-state index in [4.69, 9.17) is 10.4 Å². The summed E-state index contributed by atoms with van der Waals surface area (Å²) in [6.45, 7) is 3.24. The fourth-order valence-corrected chi connectivity index (χ4v) is 1.97. The molecule has 4 heteroatoms. The molecule has 0 radical (unpaired) electrons. The molecule has 0 aromatic heterocycles. The number of nitriles is 1. The van der Waals surface area contributed by atoms with Crippen LogP contribution in [-0.2, 0) is 4.79 Å². The molecule has 0 spiro atoms. The zero-order valence-electron chi connectivity index (χ0n) is 8.52. The van der Waals surface area contributed by atoms with Crippen molar-refractivity contribution < 1.29 is 9.90 Å². The maximum absolute atomic E-state index is 10.9. The summed E-state index contributed by atoms with van der Waals surface area (Å²) in [4.78, 5) is 11.6. The van der Waals surface area contributed by atoms with Gasteiger partial charge in [-0.2, -0.15) is 5.26 Å². The van der Waals surface area contributed by atoms with Crippen LogP contribution in [0.5, 0.6) is 0 Å². The topological polar surface area (TPSA) is 61.1 Å². The molecular formula is C11H11NO2S. The number of hydrogen-bond donors (Lipinski definition) is 1. The molecule has 78 valence electrons. The van der Waals surface area contributed by atoms with Gasteiger partial charge in [0, 0.05) is 4.90 Å². The summed E-state index contributed by atoms with van der Waals surface area (Å²) >= 11 is 1.18. The van der Waals surface area contributed by atoms with Crippen LogP contribution in [-0.4, -0.2) is 15.8 Å². The first-order valence-electron chi connectivity index (χ1n) is 4.39. The summed E-state index contributed by atoms with van der Waals surface area (Å²) < 4.78 is -0.924. The molecule has 0 heterocycles. The molecule has 0 amide bonds. The Bertz CT molecular complexity index is 421. The van der Waals surface area contributed by atoms with E-state index in [1.54, 1.807) is 38.1 Å². The van der Waals surface area contributed by atoms with Gasteiger partial charge in [0.25, 0.3) is 0 Å². The zero-order chi connectivity index (χ0) is 11.5. The van der Waals surface area contributed by atoms with Gasteiger partial charge >= 0.3 is 5.97 Å². The van der Waals surface area contributed by atoms with Crippen molar-refractivity contribution in [2.24, 2.45) is 0 Å². The summed E-state index contributed by atoms with van der Waals surface area (Å²) in [6, 6.07) is 9.04. The fourth-order valence-electron chi connectivity index (χ4n) is 0.967. The van der Waals surface area contributed by atoms with Gasteiger partial charge in [-0.3, -0.25) is 4.79 Å². The number of thioether (sulfide) groups is 1. The molecule has 0 aliphatic rings. The summed E-state index contributed by atoms with van der Waals surface area (Å²) in [6.07, 6.45) is 0. The Morgan fingerprint density at radius 3 is 2.60 bits per heavy atom. The Balaban J connectivity index is 3.00. The predicted octanol–water partition coefficient (Wildman–Crippen LogP) is 2.51. The molecule has 0 unspecified atom stereocenters. The average Bonchev–Trinajstić information content (AvgIpc) is 2.18. The van der Waals surface area contributed by atoms with Crippen molar-refractivity contribution >= 4 is 17.7 Å². The normalized spacial score (nSPS) is 10.7. The van der Waals surface area contributed by atoms with Crippen LogP contribution in [0.15, 0.2) is 29.2 Å². The van der Waals surface area contributed by atoms with E-state index in [2.05, 4.69) is 0 Å². The van der Waals surface area contributed by atoms with Gasteiger partial charge in [0.15, 0.2) is 0 Å². The van der Waals surface area contributed by atoms with E-state index in [9.17, 15) is 4.79 Å². The molecule has 1 rings (SSSR count). The summed E-state index contributed by atoms with van der Waals surface area (Å²) in [7, 11) is 0. The maximum atomic E-state index is 10.9. The highest BCUT2D eigenvalue weighted by Crippen LogP contribution is 2.34. The van der Waals surface area contributed by atoms with Crippen molar-refractivity contribution in [1.29, 1.82) is 5.26 Å². The van der Waals surface area contributed by atoms with Crippen molar-refractivity contribution in [2.45, 2.75) is 23.5 Å². The summed E-state index contributed by atoms with van der Waals surface area (Å²) in [5.41, 5.74) is 0.511. The SMILES string of the molecule is CC(C)(Sc1ccccc1C#N)C(=O)O. The molecule has 0 saturated carbocycles. The number of aliphatic carboxylic acids is 1. The number of nitrogens with zero attached hydrogens (tertiary/aromatic N) is 1. The van der Waals surface area contributed by atoms with Crippen LogP contribution in [0.4, 0.5) is 0 Å². The Labute approximate surface area is 92.7 Å². The van der Waals surface area contributed by atoms with E-state index in [0.717, 1.165) is 0 Å². The average molecular weight is 221 g/mol. The van der Waals surface area contributed by atoms with Gasteiger partial charge in [-0.1, -0.05) is 12.1 Å². The highest BCUT2D eigenvalue weighted by atomic mass is 32.2. The molecule has 0 aliphatic heterocycles. The first-order valence-corrected chi connectivity index (χ1v) is 5.20. The second-order valence-electron chi connectivity index (χ2n) is 3.53. The van der Waals surface area contributed by atoms with Gasteiger partial charge in [0.2, 0.25) is 0 Å². The number of carboxylic acid groups (broad SMARTS) is 1. The maximum Gasteiger partial charge on any atom is 0.319 e. The number of hydrogen-bond acceptors (Lipinski definition) is 3. The van der Waals surface area contributed by atoms with Crippen molar-refractivity contribution in [3.63, 3.8) is 0 Å². The van der Waals surface area contributed by atoms with Gasteiger partial charge < -0.3 is 5.11 Å². The second-order valence-corrected chi connectivity index (χ2v) is 5.19. The van der Waals surface area contributed by atoms with Gasteiger partial charge in [0.05, 0.1) is 5.56 Å². The van der Waals surface area contributed by atoms with Crippen LogP contribution < -0.4 is 0 Å². The number of rotatable bonds is 3. The minimum absolute atomic E-state index is 0.511. The Morgan fingerprint density at radius 1 is 1.47 bits per heavy atom. The lowest BCUT2D eigenvalue weighted by Crippen LogP contribution is -2.27. The van der Waals surface area contributed by atoms with Crippen molar-refractivity contribution in [3.8, 4) is 6.07 Å². The molecule has 15 heavy (non-hydrogen) atoms. The lowest BCUT2D eigenvalue weighted by atomic mass is 10.2. The third kappa shape index (κ3) is 2.74. The minimum atomic E-state index is -0.924. The lowest BCUT2D eigenvalue weighted by molar-refractivity contribution is -0.138. The quantitative estimate of drug-likeness (QED) is 0.797. The number of carboxylic acids is 1. The first kappa shape index (κ1) is 11.6. The van der Waals surface area contributed by atoms with Crippen LogP contribution in [0.25, 0.3) is 0 Å². The molecule has 0 saturated heterocycles. The van der Waals surface area contributed by atoms with Crippen LogP contribution >= 0.6 is 11.8 Å². The van der Waals surface area contributed by atoms with Crippen LogP contribution in [0.3, 0.4) is 0 Å². The molecule has 1 N–H and O–H groups in total. The molecule has 3 nitrogen and oxygen atoms in total. The summed E-state index contributed by atoms with van der Waals surface area (Å²) in [5.74, 6) is -0.889. The van der Waals surface area contributed by atoms with Crippen LogP contribution in [0.2, 0.25) is 0 Å². The zero-order valence-corrected chi connectivity index (χ0v) is 9.34. The predicted molar refractivity (Wildman–Crippen MR) is 58.7 cm³/mol. The Morgan fingerprint density at radius 2 is 2.07 bits per heavy atom. The van der Waals surface area contributed by atoms with E-state index < -0.39 is 10.7 Å². The van der Waals surface area contributed by atoms with Gasteiger partial charge in [-0.05, 0) is 26.0 Å². The minimum Gasteiger partial charge on any atom is -0.480 e. The largest absolute Gasteiger partial charge is 0.480 e. The van der Waals surface area contributed by atoms with E-state index in [-0.39, 0.29) is 0 Å². The molecular weight excluding hydrogens is 210 g/mol. The third-order valence-electron chi connectivity index (χ3n) is 1.89. The lowest BCUT2D eigenvalue weighted by Gasteiger charge is -2.18. The van der Waals surface area contributed by atoms with E-state index in [1.807, 2.05) is 6.07 Å². The second kappa shape index (κ2) is 4.37. The first-order chi connectivity index (χ1) is 6.97. The molecule has 0 fully saturated rings. The van der Waals surface area contributed by atoms with Gasteiger partial charge in [0.1, 0.15) is 10.8 Å². The number of carbonyl (C=O) groups is 1. The molecule has 1 aromatic rings. The molecule has 0 bridgehead atoms. The monoisotopic (exact) mass is 221 g/mol.